The SMILES string of the molecule is O=C(O)C(F)(F)F.O=C(c1cnccn1)N1CC2(CC(Oc3cccnc3)CS2)C1. The van der Waals surface area contributed by atoms with E-state index in [9.17, 15) is 18.0 Å². The number of likely N-dealkylation sites (tertiary alicyclic amines) is 1. The van der Waals surface area contributed by atoms with Crippen LogP contribution in [0.3, 0.4) is 0 Å². The molecule has 1 N–H and O–H groups in total. The number of aliphatic carboxylic acids is 1. The lowest BCUT2D eigenvalue weighted by molar-refractivity contribution is -0.192. The molecule has 2 aliphatic heterocycles. The van der Waals surface area contributed by atoms with E-state index in [0.29, 0.717) is 5.69 Å². The van der Waals surface area contributed by atoms with Crippen LogP contribution >= 0.6 is 11.8 Å². The third-order valence-electron chi connectivity index (χ3n) is 4.38. The Morgan fingerprint density at radius 1 is 1.20 bits per heavy atom. The van der Waals surface area contributed by atoms with Gasteiger partial charge in [0, 0.05) is 43.9 Å². The van der Waals surface area contributed by atoms with Crippen LogP contribution < -0.4 is 4.74 Å². The molecule has 2 aromatic rings. The first-order valence-corrected chi connectivity index (χ1v) is 9.73. The Kier molecular flexibility index (Phi) is 6.44. The summed E-state index contributed by atoms with van der Waals surface area (Å²) in [5.41, 5.74) is 0.411. The molecule has 12 heteroatoms. The molecule has 0 radical (unpaired) electrons. The Morgan fingerprint density at radius 2 is 1.90 bits per heavy atom. The molecule has 1 atom stereocenters. The fraction of sp³-hybridized carbons (Fsp3) is 0.389. The third kappa shape index (κ3) is 5.38. The van der Waals surface area contributed by atoms with Gasteiger partial charge in [0.15, 0.2) is 0 Å². The third-order valence-corrected chi connectivity index (χ3v) is 5.96. The van der Waals surface area contributed by atoms with E-state index in [2.05, 4.69) is 15.0 Å². The number of hydrogen-bond donors (Lipinski definition) is 1. The first kappa shape index (κ1) is 21.8. The number of halogens is 3. The van der Waals surface area contributed by atoms with Crippen LogP contribution in [0.4, 0.5) is 13.2 Å². The summed E-state index contributed by atoms with van der Waals surface area (Å²) >= 11 is 1.90. The molecule has 8 nitrogen and oxygen atoms in total. The summed E-state index contributed by atoms with van der Waals surface area (Å²) in [6.45, 7) is 1.50. The maximum Gasteiger partial charge on any atom is 0.490 e. The first-order chi connectivity index (χ1) is 14.2. The molecule has 2 aromatic heterocycles. The van der Waals surface area contributed by atoms with Gasteiger partial charge in [0.1, 0.15) is 17.5 Å². The first-order valence-electron chi connectivity index (χ1n) is 8.75. The number of aromatic nitrogens is 3. The molecule has 0 aliphatic carbocycles. The minimum atomic E-state index is -5.08. The molecule has 2 saturated heterocycles. The second-order valence-corrected chi connectivity index (χ2v) is 8.17. The summed E-state index contributed by atoms with van der Waals surface area (Å²) in [5.74, 6) is -1.04. The lowest BCUT2D eigenvalue weighted by Gasteiger charge is -2.47. The van der Waals surface area contributed by atoms with Gasteiger partial charge in [-0.15, -0.1) is 11.8 Å². The zero-order valence-corrected chi connectivity index (χ0v) is 16.3. The molecule has 0 aromatic carbocycles. The number of carboxylic acids is 1. The van der Waals surface area contributed by atoms with Crippen molar-refractivity contribution in [1.29, 1.82) is 0 Å². The number of pyridine rings is 1. The monoisotopic (exact) mass is 442 g/mol. The molecular weight excluding hydrogens is 425 g/mol. The lowest BCUT2D eigenvalue weighted by atomic mass is 9.92. The summed E-state index contributed by atoms with van der Waals surface area (Å²) < 4.78 is 37.8. The predicted octanol–water partition coefficient (Wildman–Crippen LogP) is 2.28. The molecule has 160 valence electrons. The van der Waals surface area contributed by atoms with E-state index in [1.165, 1.54) is 6.20 Å². The number of rotatable bonds is 3. The number of nitrogens with zero attached hydrogens (tertiary/aromatic N) is 4. The largest absolute Gasteiger partial charge is 0.490 e. The predicted molar refractivity (Wildman–Crippen MR) is 100 cm³/mol. The Balaban J connectivity index is 0.000000318. The topological polar surface area (TPSA) is 106 Å². The van der Waals surface area contributed by atoms with Gasteiger partial charge in [-0.05, 0) is 12.1 Å². The molecule has 4 heterocycles. The fourth-order valence-corrected chi connectivity index (χ4v) is 4.60. The highest BCUT2D eigenvalue weighted by molar-refractivity contribution is 8.01. The second kappa shape index (κ2) is 8.86. The highest BCUT2D eigenvalue weighted by Crippen LogP contribution is 2.46. The minimum absolute atomic E-state index is 0.0408. The van der Waals surface area contributed by atoms with Gasteiger partial charge in [-0.1, -0.05) is 0 Å². The number of carboxylic acid groups (broad SMARTS) is 1. The smallest absolute Gasteiger partial charge is 0.488 e. The molecular formula is C18H17F3N4O4S. The maximum atomic E-state index is 12.3. The average molecular weight is 442 g/mol. The van der Waals surface area contributed by atoms with Gasteiger partial charge in [-0.25, -0.2) is 9.78 Å². The van der Waals surface area contributed by atoms with Gasteiger partial charge in [0.25, 0.3) is 5.91 Å². The van der Waals surface area contributed by atoms with E-state index in [-0.39, 0.29) is 16.8 Å². The number of amides is 1. The van der Waals surface area contributed by atoms with Crippen molar-refractivity contribution in [3.05, 3.63) is 48.8 Å². The van der Waals surface area contributed by atoms with Crippen LogP contribution in [-0.4, -0.2) is 72.7 Å². The highest BCUT2D eigenvalue weighted by Gasteiger charge is 2.51. The van der Waals surface area contributed by atoms with Crippen LogP contribution in [0.1, 0.15) is 16.9 Å². The summed E-state index contributed by atoms with van der Waals surface area (Å²) in [6, 6.07) is 3.80. The van der Waals surface area contributed by atoms with Gasteiger partial charge >= 0.3 is 12.1 Å². The van der Waals surface area contributed by atoms with E-state index < -0.39 is 12.1 Å². The zero-order valence-electron chi connectivity index (χ0n) is 15.5. The van der Waals surface area contributed by atoms with Crippen molar-refractivity contribution in [2.24, 2.45) is 0 Å². The molecule has 1 unspecified atom stereocenters. The second-order valence-electron chi connectivity index (χ2n) is 6.68. The molecule has 1 spiro atoms. The fourth-order valence-electron chi connectivity index (χ4n) is 3.07. The highest BCUT2D eigenvalue weighted by atomic mass is 32.2. The van der Waals surface area contributed by atoms with E-state index in [1.54, 1.807) is 24.8 Å². The van der Waals surface area contributed by atoms with Crippen LogP contribution in [0.25, 0.3) is 0 Å². The quantitative estimate of drug-likeness (QED) is 0.772. The van der Waals surface area contributed by atoms with Crippen molar-refractivity contribution in [2.45, 2.75) is 23.4 Å². The molecule has 4 rings (SSSR count). The summed E-state index contributed by atoms with van der Waals surface area (Å²) in [4.78, 5) is 35.1. The van der Waals surface area contributed by atoms with E-state index in [4.69, 9.17) is 14.6 Å². The maximum absolute atomic E-state index is 12.3. The molecule has 0 saturated carbocycles. The van der Waals surface area contributed by atoms with Gasteiger partial charge < -0.3 is 14.7 Å². The molecule has 2 fully saturated rings. The Hall–Kier alpha value is -2.89. The van der Waals surface area contributed by atoms with E-state index in [1.807, 2.05) is 28.8 Å². The van der Waals surface area contributed by atoms with Crippen molar-refractivity contribution >= 4 is 23.6 Å². The van der Waals surface area contributed by atoms with Crippen LogP contribution in [0.5, 0.6) is 5.75 Å². The van der Waals surface area contributed by atoms with Gasteiger partial charge in [-0.3, -0.25) is 14.8 Å². The molecule has 1 amide bonds. The van der Waals surface area contributed by atoms with Crippen LogP contribution in [0.15, 0.2) is 43.1 Å². The van der Waals surface area contributed by atoms with E-state index in [0.717, 1.165) is 31.0 Å². The van der Waals surface area contributed by atoms with Crippen LogP contribution in [-0.2, 0) is 4.79 Å². The molecule has 30 heavy (non-hydrogen) atoms. The molecule has 0 bridgehead atoms. The number of alkyl halides is 3. The lowest BCUT2D eigenvalue weighted by Crippen LogP contribution is -2.61. The normalized spacial score (nSPS) is 19.4. The Morgan fingerprint density at radius 3 is 2.47 bits per heavy atom. The number of thioether (sulfide) groups is 1. The van der Waals surface area contributed by atoms with Crippen molar-refractivity contribution in [3.63, 3.8) is 0 Å². The average Bonchev–Trinajstić information content (AvgIpc) is 3.12. The standard InChI is InChI=1S/C16H16N4O2S.C2HF3O2/c21-15(14-8-18-4-5-19-14)20-10-16(11-20)6-13(9-23-16)22-12-2-1-3-17-7-12;3-2(4,5)1(6)7/h1-5,7-8,13H,6,9-11H2;(H,6,7). The number of carbonyl (C=O) groups is 2. The van der Waals surface area contributed by atoms with Gasteiger partial charge in [0.05, 0.1) is 17.1 Å². The summed E-state index contributed by atoms with van der Waals surface area (Å²) in [5, 5.41) is 7.12. The van der Waals surface area contributed by atoms with Crippen LogP contribution in [0, 0.1) is 0 Å². The Labute approximate surface area is 173 Å². The van der Waals surface area contributed by atoms with Crippen molar-refractivity contribution in [1.82, 2.24) is 19.9 Å². The van der Waals surface area contributed by atoms with Gasteiger partial charge in [-0.2, -0.15) is 13.2 Å². The summed E-state index contributed by atoms with van der Waals surface area (Å²) in [7, 11) is 0. The molecule has 2 aliphatic rings. The number of carbonyl (C=O) groups excluding carboxylic acids is 1. The number of ether oxygens (including phenoxy) is 1. The van der Waals surface area contributed by atoms with Crippen molar-refractivity contribution in [2.75, 3.05) is 18.8 Å². The van der Waals surface area contributed by atoms with E-state index >= 15 is 0 Å². The van der Waals surface area contributed by atoms with Crippen molar-refractivity contribution < 1.29 is 32.6 Å². The van der Waals surface area contributed by atoms with Gasteiger partial charge in [0.2, 0.25) is 0 Å². The minimum Gasteiger partial charge on any atom is -0.488 e. The Bertz CT molecular complexity index is 880. The summed E-state index contributed by atoms with van der Waals surface area (Å²) in [6.07, 6.45) is 4.16. The van der Waals surface area contributed by atoms with Crippen LogP contribution in [0.2, 0.25) is 0 Å². The number of hydrogen-bond acceptors (Lipinski definition) is 7. The van der Waals surface area contributed by atoms with Crippen molar-refractivity contribution in [3.8, 4) is 5.75 Å². The zero-order chi connectivity index (χ0) is 21.8.